The molecule has 0 bridgehead atoms. The first-order valence-corrected chi connectivity index (χ1v) is 11.0. The van der Waals surface area contributed by atoms with Crippen LogP contribution in [0, 0.1) is 5.21 Å². The molecule has 0 aliphatic carbocycles. The van der Waals surface area contributed by atoms with Crippen LogP contribution in [-0.2, 0) is 6.54 Å². The molecule has 176 valence electrons. The lowest BCUT2D eigenvalue weighted by Gasteiger charge is -2.50. The number of hydrogen-bond donors (Lipinski definition) is 1. The summed E-state index contributed by atoms with van der Waals surface area (Å²) in [7, 11) is 7.88. The Morgan fingerprint density at radius 1 is 0.818 bits per heavy atom. The molecule has 0 saturated carbocycles. The smallest absolute Gasteiger partial charge is 0.203 e. The van der Waals surface area contributed by atoms with E-state index in [-0.39, 0.29) is 6.54 Å². The summed E-state index contributed by atoms with van der Waals surface area (Å²) in [5.41, 5.74) is 1.58. The molecule has 3 aromatic carbocycles. The Bertz CT molecular complexity index is 1260. The molecule has 1 saturated heterocycles. The highest BCUT2D eigenvalue weighted by molar-refractivity contribution is 6.16. The SMILES string of the molecule is COc1cc2c3c(c4cc(OC)c(OC)c(OC)c4c2cc1OC)[C@H](O)[C@@H]1CCC[N+]1([O-])C3. The third-order valence-corrected chi connectivity index (χ3v) is 7.29. The van der Waals surface area contributed by atoms with E-state index in [1.807, 2.05) is 18.2 Å². The van der Waals surface area contributed by atoms with E-state index in [4.69, 9.17) is 23.7 Å². The maximum Gasteiger partial charge on any atom is 0.203 e. The largest absolute Gasteiger partial charge is 0.632 e. The standard InChI is InChI=1S/C25H29NO7/c1-29-18-9-13-14(10-19(18)30-2)22-15(11-20(31-3)24(32-4)25(22)33-5)21-16(13)12-26(28)8-6-7-17(26)23(21)27/h9-11,17,23,27H,6-8,12H2,1-5H3/t17-,23+,26?/m0/s1. The van der Waals surface area contributed by atoms with E-state index in [0.29, 0.717) is 41.7 Å². The van der Waals surface area contributed by atoms with Gasteiger partial charge in [-0.1, -0.05) is 0 Å². The highest BCUT2D eigenvalue weighted by Crippen LogP contribution is 2.54. The maximum absolute atomic E-state index is 13.7. The Hall–Kier alpha value is -2.94. The molecule has 3 atom stereocenters. The molecule has 0 amide bonds. The molecule has 0 spiro atoms. The molecular formula is C25H29NO7. The van der Waals surface area contributed by atoms with Crippen LogP contribution in [0.4, 0.5) is 0 Å². The van der Waals surface area contributed by atoms with E-state index in [1.54, 1.807) is 35.5 Å². The molecule has 33 heavy (non-hydrogen) atoms. The van der Waals surface area contributed by atoms with Gasteiger partial charge in [-0.25, -0.2) is 0 Å². The molecular weight excluding hydrogens is 426 g/mol. The fourth-order valence-electron chi connectivity index (χ4n) is 5.83. The van der Waals surface area contributed by atoms with Gasteiger partial charge in [-0.3, -0.25) is 0 Å². The fraction of sp³-hybridized carbons (Fsp3) is 0.440. The van der Waals surface area contributed by atoms with Crippen molar-refractivity contribution in [3.8, 4) is 28.7 Å². The quantitative estimate of drug-likeness (QED) is 0.353. The average Bonchev–Trinajstić information content (AvgIpc) is 3.23. The van der Waals surface area contributed by atoms with Crippen LogP contribution >= 0.6 is 0 Å². The Labute approximate surface area is 192 Å². The molecule has 1 fully saturated rings. The van der Waals surface area contributed by atoms with Gasteiger partial charge in [-0.2, -0.15) is 0 Å². The third kappa shape index (κ3) is 2.94. The zero-order valence-electron chi connectivity index (χ0n) is 19.6. The molecule has 0 aromatic heterocycles. The van der Waals surface area contributed by atoms with Crippen LogP contribution in [0.5, 0.6) is 28.7 Å². The average molecular weight is 456 g/mol. The number of nitrogens with zero attached hydrogens (tertiary/aromatic N) is 1. The van der Waals surface area contributed by atoms with Gasteiger partial charge in [0.1, 0.15) is 18.7 Å². The minimum absolute atomic E-state index is 0.287. The molecule has 5 rings (SSSR count). The predicted octanol–water partition coefficient (Wildman–Crippen LogP) is 4.06. The van der Waals surface area contributed by atoms with Crippen LogP contribution in [0.25, 0.3) is 21.5 Å². The molecule has 8 heteroatoms. The Kier molecular flexibility index (Phi) is 5.19. The lowest BCUT2D eigenvalue weighted by atomic mass is 9.82. The second kappa shape index (κ2) is 7.83. The van der Waals surface area contributed by atoms with Crippen molar-refractivity contribution in [3.05, 3.63) is 34.5 Å². The summed E-state index contributed by atoms with van der Waals surface area (Å²) >= 11 is 0. The van der Waals surface area contributed by atoms with Crippen LogP contribution < -0.4 is 23.7 Å². The van der Waals surface area contributed by atoms with Gasteiger partial charge in [0.15, 0.2) is 23.0 Å². The number of rotatable bonds is 5. The van der Waals surface area contributed by atoms with Crippen molar-refractivity contribution < 1.29 is 33.4 Å². The van der Waals surface area contributed by atoms with Crippen molar-refractivity contribution in [1.29, 1.82) is 0 Å². The lowest BCUT2D eigenvalue weighted by Crippen LogP contribution is -2.51. The maximum atomic E-state index is 13.7. The highest BCUT2D eigenvalue weighted by atomic mass is 16.6. The van der Waals surface area contributed by atoms with Crippen molar-refractivity contribution in [3.63, 3.8) is 0 Å². The van der Waals surface area contributed by atoms with Gasteiger partial charge in [-0.05, 0) is 34.4 Å². The summed E-state index contributed by atoms with van der Waals surface area (Å²) in [6.07, 6.45) is 0.587. The molecule has 1 N–H and O–H groups in total. The van der Waals surface area contributed by atoms with Crippen molar-refractivity contribution in [2.75, 3.05) is 42.1 Å². The van der Waals surface area contributed by atoms with Gasteiger partial charge >= 0.3 is 0 Å². The number of methoxy groups -OCH3 is 5. The number of aliphatic hydroxyl groups excluding tert-OH is 1. The van der Waals surface area contributed by atoms with Crippen molar-refractivity contribution in [2.24, 2.45) is 0 Å². The summed E-state index contributed by atoms with van der Waals surface area (Å²) < 4.78 is 27.9. The molecule has 2 heterocycles. The van der Waals surface area contributed by atoms with Crippen molar-refractivity contribution in [2.45, 2.75) is 31.5 Å². The van der Waals surface area contributed by atoms with E-state index in [2.05, 4.69) is 0 Å². The Balaban J connectivity index is 2.01. The second-order valence-electron chi connectivity index (χ2n) is 8.70. The van der Waals surface area contributed by atoms with Gasteiger partial charge in [0.05, 0.1) is 42.1 Å². The van der Waals surface area contributed by atoms with Crippen molar-refractivity contribution >= 4 is 21.5 Å². The number of benzene rings is 3. The van der Waals surface area contributed by atoms with E-state index in [0.717, 1.165) is 39.1 Å². The van der Waals surface area contributed by atoms with E-state index in [1.165, 1.54) is 0 Å². The number of aliphatic hydroxyl groups is 1. The summed E-state index contributed by atoms with van der Waals surface area (Å²) in [6.45, 7) is 0.791. The van der Waals surface area contributed by atoms with Gasteiger partial charge in [0.2, 0.25) is 5.75 Å². The molecule has 2 aliphatic rings. The molecule has 0 radical (unpaired) electrons. The van der Waals surface area contributed by atoms with Crippen LogP contribution in [0.2, 0.25) is 0 Å². The number of hydrogen-bond acceptors (Lipinski definition) is 7. The van der Waals surface area contributed by atoms with E-state index < -0.39 is 16.8 Å². The monoisotopic (exact) mass is 455 g/mol. The molecule has 2 aliphatic heterocycles. The number of ether oxygens (including phenoxy) is 5. The van der Waals surface area contributed by atoms with Gasteiger partial charge in [0, 0.05) is 29.4 Å². The third-order valence-electron chi connectivity index (χ3n) is 7.29. The fourth-order valence-corrected chi connectivity index (χ4v) is 5.83. The predicted molar refractivity (Wildman–Crippen MR) is 124 cm³/mol. The zero-order chi connectivity index (χ0) is 23.5. The number of hydroxylamine groups is 3. The van der Waals surface area contributed by atoms with E-state index in [9.17, 15) is 10.3 Å². The van der Waals surface area contributed by atoms with Gasteiger partial charge in [0.25, 0.3) is 0 Å². The summed E-state index contributed by atoms with van der Waals surface area (Å²) in [4.78, 5) is 0. The molecule has 1 unspecified atom stereocenters. The van der Waals surface area contributed by atoms with Crippen LogP contribution in [0.3, 0.4) is 0 Å². The number of fused-ring (bicyclic) bond motifs is 7. The van der Waals surface area contributed by atoms with E-state index >= 15 is 0 Å². The minimum atomic E-state index is -0.906. The molecule has 3 aromatic rings. The Morgan fingerprint density at radius 2 is 1.42 bits per heavy atom. The minimum Gasteiger partial charge on any atom is -0.632 e. The molecule has 8 nitrogen and oxygen atoms in total. The summed E-state index contributed by atoms with van der Waals surface area (Å²) in [5.74, 6) is 2.57. The van der Waals surface area contributed by atoms with Crippen LogP contribution in [0.15, 0.2) is 18.2 Å². The first-order chi connectivity index (χ1) is 15.9. The number of quaternary nitrogens is 1. The normalized spacial score (nSPS) is 23.8. The highest BCUT2D eigenvalue weighted by Gasteiger charge is 2.47. The lowest BCUT2D eigenvalue weighted by molar-refractivity contribution is -0.912. The zero-order valence-corrected chi connectivity index (χ0v) is 19.6. The van der Waals surface area contributed by atoms with Crippen LogP contribution in [0.1, 0.15) is 30.1 Å². The first kappa shape index (κ1) is 21.9. The first-order valence-electron chi connectivity index (χ1n) is 11.0. The van der Waals surface area contributed by atoms with Crippen molar-refractivity contribution in [1.82, 2.24) is 0 Å². The Morgan fingerprint density at radius 3 is 2.03 bits per heavy atom. The van der Waals surface area contributed by atoms with Crippen LogP contribution in [-0.4, -0.2) is 57.9 Å². The topological polar surface area (TPSA) is 89.4 Å². The summed E-state index contributed by atoms with van der Waals surface area (Å²) in [6, 6.07) is 5.26. The second-order valence-corrected chi connectivity index (χ2v) is 8.70. The van der Waals surface area contributed by atoms with Gasteiger partial charge < -0.3 is 38.6 Å². The van der Waals surface area contributed by atoms with Gasteiger partial charge in [-0.15, -0.1) is 0 Å². The summed E-state index contributed by atoms with van der Waals surface area (Å²) in [5, 5.41) is 28.5.